The standard InChI is InChI=1S/C13H21N3O/c1-5-10(3)12-15-11(17-16-12)9-13(4,6-2)7-8-14/h10H,5-7,9H2,1-4H3. The first-order valence-electron chi connectivity index (χ1n) is 6.24. The van der Waals surface area contributed by atoms with Crippen molar-refractivity contribution >= 4 is 0 Å². The third-order valence-corrected chi connectivity index (χ3v) is 3.47. The Bertz CT molecular complexity index is 394. The van der Waals surface area contributed by atoms with Crippen LogP contribution in [0.2, 0.25) is 0 Å². The summed E-state index contributed by atoms with van der Waals surface area (Å²) in [5, 5.41) is 12.8. The SMILES string of the molecule is CCC(C)c1noc(CC(C)(CC)CC#N)n1. The molecule has 0 spiro atoms. The predicted octanol–water partition coefficient (Wildman–Crippen LogP) is 3.46. The average molecular weight is 235 g/mol. The van der Waals surface area contributed by atoms with E-state index in [1.54, 1.807) is 0 Å². The molecule has 0 fully saturated rings. The van der Waals surface area contributed by atoms with Crippen LogP contribution in [-0.2, 0) is 6.42 Å². The van der Waals surface area contributed by atoms with Gasteiger partial charge in [-0.3, -0.25) is 0 Å². The molecule has 4 nitrogen and oxygen atoms in total. The van der Waals surface area contributed by atoms with Crippen molar-refractivity contribution in [3.05, 3.63) is 11.7 Å². The lowest BCUT2D eigenvalue weighted by Gasteiger charge is -2.22. The van der Waals surface area contributed by atoms with E-state index in [2.05, 4.69) is 43.9 Å². The van der Waals surface area contributed by atoms with Crippen molar-refractivity contribution in [3.63, 3.8) is 0 Å². The summed E-state index contributed by atoms with van der Waals surface area (Å²) in [7, 11) is 0. The summed E-state index contributed by atoms with van der Waals surface area (Å²) in [4.78, 5) is 4.41. The van der Waals surface area contributed by atoms with Gasteiger partial charge in [0.15, 0.2) is 5.82 Å². The molecule has 4 heteroatoms. The molecular formula is C13H21N3O. The van der Waals surface area contributed by atoms with E-state index in [0.29, 0.717) is 24.7 Å². The van der Waals surface area contributed by atoms with Gasteiger partial charge in [0, 0.05) is 18.8 Å². The molecule has 0 radical (unpaired) electrons. The second-order valence-electron chi connectivity index (χ2n) is 5.03. The number of nitriles is 1. The van der Waals surface area contributed by atoms with Crippen molar-refractivity contribution in [2.45, 2.75) is 59.3 Å². The van der Waals surface area contributed by atoms with Crippen molar-refractivity contribution in [2.24, 2.45) is 5.41 Å². The Morgan fingerprint density at radius 3 is 2.71 bits per heavy atom. The second-order valence-corrected chi connectivity index (χ2v) is 5.03. The Hall–Kier alpha value is -1.37. The molecule has 1 heterocycles. The van der Waals surface area contributed by atoms with E-state index in [-0.39, 0.29) is 5.41 Å². The third-order valence-electron chi connectivity index (χ3n) is 3.47. The first kappa shape index (κ1) is 13.7. The molecular weight excluding hydrogens is 214 g/mol. The minimum atomic E-state index is -0.0615. The molecule has 0 saturated heterocycles. The average Bonchev–Trinajstić information content (AvgIpc) is 2.76. The van der Waals surface area contributed by atoms with Gasteiger partial charge in [0.1, 0.15) is 0 Å². The Labute approximate surface area is 103 Å². The van der Waals surface area contributed by atoms with Gasteiger partial charge in [-0.1, -0.05) is 32.9 Å². The number of hydrogen-bond acceptors (Lipinski definition) is 4. The van der Waals surface area contributed by atoms with Crippen LogP contribution in [0.15, 0.2) is 4.52 Å². The van der Waals surface area contributed by atoms with Crippen LogP contribution in [0.25, 0.3) is 0 Å². The van der Waals surface area contributed by atoms with E-state index in [0.717, 1.165) is 18.7 Å². The molecule has 0 aromatic carbocycles. The molecule has 1 rings (SSSR count). The Morgan fingerprint density at radius 1 is 1.47 bits per heavy atom. The van der Waals surface area contributed by atoms with Crippen molar-refractivity contribution in [3.8, 4) is 6.07 Å². The lowest BCUT2D eigenvalue weighted by molar-refractivity contribution is 0.265. The highest BCUT2D eigenvalue weighted by atomic mass is 16.5. The summed E-state index contributed by atoms with van der Waals surface area (Å²) >= 11 is 0. The topological polar surface area (TPSA) is 62.7 Å². The van der Waals surface area contributed by atoms with Crippen molar-refractivity contribution < 1.29 is 4.52 Å². The van der Waals surface area contributed by atoms with Crippen LogP contribution in [0, 0.1) is 16.7 Å². The van der Waals surface area contributed by atoms with Crippen LogP contribution in [0.5, 0.6) is 0 Å². The molecule has 0 aliphatic rings. The number of nitrogens with zero attached hydrogens (tertiary/aromatic N) is 3. The van der Waals surface area contributed by atoms with Gasteiger partial charge in [-0.15, -0.1) is 0 Å². The van der Waals surface area contributed by atoms with Crippen LogP contribution >= 0.6 is 0 Å². The number of hydrogen-bond donors (Lipinski definition) is 0. The van der Waals surface area contributed by atoms with Gasteiger partial charge < -0.3 is 4.52 Å². The molecule has 17 heavy (non-hydrogen) atoms. The van der Waals surface area contributed by atoms with E-state index in [9.17, 15) is 0 Å². The quantitative estimate of drug-likeness (QED) is 0.757. The predicted molar refractivity (Wildman–Crippen MR) is 65.3 cm³/mol. The minimum Gasteiger partial charge on any atom is -0.339 e. The lowest BCUT2D eigenvalue weighted by Crippen LogP contribution is -2.18. The highest BCUT2D eigenvalue weighted by molar-refractivity contribution is 4.97. The van der Waals surface area contributed by atoms with Gasteiger partial charge in [-0.2, -0.15) is 10.2 Å². The van der Waals surface area contributed by atoms with Crippen molar-refractivity contribution in [1.82, 2.24) is 10.1 Å². The molecule has 0 bridgehead atoms. The van der Waals surface area contributed by atoms with Gasteiger partial charge in [0.25, 0.3) is 0 Å². The fourth-order valence-corrected chi connectivity index (χ4v) is 1.59. The summed E-state index contributed by atoms with van der Waals surface area (Å²) in [5.41, 5.74) is -0.0615. The van der Waals surface area contributed by atoms with E-state index in [4.69, 9.17) is 9.78 Å². The molecule has 94 valence electrons. The fourth-order valence-electron chi connectivity index (χ4n) is 1.59. The van der Waals surface area contributed by atoms with Crippen LogP contribution in [-0.4, -0.2) is 10.1 Å². The van der Waals surface area contributed by atoms with E-state index in [1.807, 2.05) is 0 Å². The zero-order valence-electron chi connectivity index (χ0n) is 11.2. The summed E-state index contributed by atoms with van der Waals surface area (Å²) in [5.74, 6) is 1.76. The molecule has 2 atom stereocenters. The normalized spacial score (nSPS) is 16.2. The Morgan fingerprint density at radius 2 is 2.18 bits per heavy atom. The maximum atomic E-state index is 8.83. The maximum Gasteiger partial charge on any atom is 0.227 e. The van der Waals surface area contributed by atoms with E-state index in [1.165, 1.54) is 0 Å². The third kappa shape index (κ3) is 3.55. The van der Waals surface area contributed by atoms with Crippen LogP contribution in [0.1, 0.15) is 64.6 Å². The largest absolute Gasteiger partial charge is 0.339 e. The highest BCUT2D eigenvalue weighted by Gasteiger charge is 2.26. The molecule has 0 N–H and O–H groups in total. The summed E-state index contributed by atoms with van der Waals surface area (Å²) in [6.07, 6.45) is 3.13. The van der Waals surface area contributed by atoms with Gasteiger partial charge in [0.2, 0.25) is 5.89 Å². The molecule has 0 aliphatic carbocycles. The zero-order valence-corrected chi connectivity index (χ0v) is 11.2. The molecule has 2 unspecified atom stereocenters. The number of rotatable bonds is 6. The molecule has 0 saturated carbocycles. The molecule has 0 amide bonds. The number of aromatic nitrogens is 2. The van der Waals surface area contributed by atoms with Crippen LogP contribution < -0.4 is 0 Å². The van der Waals surface area contributed by atoms with E-state index >= 15 is 0 Å². The summed E-state index contributed by atoms with van der Waals surface area (Å²) in [6, 6.07) is 2.23. The summed E-state index contributed by atoms with van der Waals surface area (Å²) < 4.78 is 5.26. The van der Waals surface area contributed by atoms with Gasteiger partial charge in [0.05, 0.1) is 6.07 Å². The molecule has 1 aromatic rings. The zero-order chi connectivity index (χ0) is 12.9. The minimum absolute atomic E-state index is 0.0615. The smallest absolute Gasteiger partial charge is 0.227 e. The van der Waals surface area contributed by atoms with Gasteiger partial charge in [-0.05, 0) is 18.3 Å². The van der Waals surface area contributed by atoms with Crippen molar-refractivity contribution in [2.75, 3.05) is 0 Å². The second kappa shape index (κ2) is 5.81. The Kier molecular flexibility index (Phi) is 4.68. The summed E-state index contributed by atoms with van der Waals surface area (Å²) in [6.45, 7) is 8.36. The fraction of sp³-hybridized carbons (Fsp3) is 0.769. The lowest BCUT2D eigenvalue weighted by atomic mass is 9.81. The van der Waals surface area contributed by atoms with Gasteiger partial charge >= 0.3 is 0 Å². The highest BCUT2D eigenvalue weighted by Crippen LogP contribution is 2.29. The molecule has 1 aromatic heterocycles. The maximum absolute atomic E-state index is 8.83. The molecule has 0 aliphatic heterocycles. The first-order valence-corrected chi connectivity index (χ1v) is 6.24. The van der Waals surface area contributed by atoms with Gasteiger partial charge in [-0.25, -0.2) is 0 Å². The van der Waals surface area contributed by atoms with Crippen LogP contribution in [0.4, 0.5) is 0 Å². The van der Waals surface area contributed by atoms with Crippen LogP contribution in [0.3, 0.4) is 0 Å². The van der Waals surface area contributed by atoms with Crippen molar-refractivity contribution in [1.29, 1.82) is 5.26 Å². The first-order chi connectivity index (χ1) is 8.04. The van der Waals surface area contributed by atoms with E-state index < -0.39 is 0 Å². The Balaban J connectivity index is 2.75. The monoisotopic (exact) mass is 235 g/mol.